The highest BCUT2D eigenvalue weighted by Gasteiger charge is 2.42. The number of nitrogens with one attached hydrogen (secondary N) is 2. The van der Waals surface area contributed by atoms with Gasteiger partial charge in [0.25, 0.3) is 5.56 Å². The van der Waals surface area contributed by atoms with Gasteiger partial charge in [0.15, 0.2) is 0 Å². The Morgan fingerprint density at radius 3 is 3.00 bits per heavy atom. The quantitative estimate of drug-likeness (QED) is 0.814. The molecule has 1 aromatic rings. The number of aryl methyl sites for hydroxylation is 1. The molecule has 104 valence electrons. The number of likely N-dealkylation sites (tertiary alicyclic amines) is 1. The lowest BCUT2D eigenvalue weighted by Gasteiger charge is -2.34. The molecule has 1 atom stereocenters. The summed E-state index contributed by atoms with van der Waals surface area (Å²) in [4.78, 5) is 32.7. The Kier molecular flexibility index (Phi) is 3.71. The largest absolute Gasteiger partial charge is 0.329 e. The predicted molar refractivity (Wildman–Crippen MR) is 71.8 cm³/mol. The maximum absolute atomic E-state index is 12.1. The summed E-state index contributed by atoms with van der Waals surface area (Å²) in [5, 5.41) is 2.87. The third-order valence-corrected chi connectivity index (χ3v) is 3.65. The van der Waals surface area contributed by atoms with Crippen molar-refractivity contribution in [3.05, 3.63) is 27.9 Å². The molecular formula is C13H20N4O2. The molecule has 1 aliphatic rings. The molecule has 1 aliphatic heterocycles. The van der Waals surface area contributed by atoms with Gasteiger partial charge in [0.2, 0.25) is 5.91 Å². The van der Waals surface area contributed by atoms with Crippen molar-refractivity contribution >= 4 is 5.91 Å². The number of carbonyl (C=O) groups is 1. The summed E-state index contributed by atoms with van der Waals surface area (Å²) in [5.74, 6) is 0.617. The van der Waals surface area contributed by atoms with Crippen molar-refractivity contribution in [2.24, 2.45) is 0 Å². The van der Waals surface area contributed by atoms with Crippen LogP contribution in [0.1, 0.15) is 31.3 Å². The van der Waals surface area contributed by atoms with Crippen molar-refractivity contribution in [3.63, 3.8) is 0 Å². The van der Waals surface area contributed by atoms with Crippen LogP contribution in [0.5, 0.6) is 0 Å². The van der Waals surface area contributed by atoms with E-state index in [1.807, 2.05) is 6.92 Å². The van der Waals surface area contributed by atoms with Crippen molar-refractivity contribution in [1.82, 2.24) is 20.2 Å². The summed E-state index contributed by atoms with van der Waals surface area (Å²) in [5.41, 5.74) is -0.0106. The van der Waals surface area contributed by atoms with Crippen molar-refractivity contribution in [1.29, 1.82) is 0 Å². The first-order chi connectivity index (χ1) is 8.97. The smallest absolute Gasteiger partial charge is 0.251 e. The van der Waals surface area contributed by atoms with Gasteiger partial charge in [-0.3, -0.25) is 9.59 Å². The van der Waals surface area contributed by atoms with Crippen LogP contribution < -0.4 is 10.9 Å². The summed E-state index contributed by atoms with van der Waals surface area (Å²) >= 11 is 0. The molecule has 0 bridgehead atoms. The van der Waals surface area contributed by atoms with E-state index in [0.29, 0.717) is 24.6 Å². The zero-order valence-electron chi connectivity index (χ0n) is 11.6. The third kappa shape index (κ3) is 2.53. The molecule has 19 heavy (non-hydrogen) atoms. The fourth-order valence-electron chi connectivity index (χ4n) is 2.69. The Morgan fingerprint density at radius 1 is 1.63 bits per heavy atom. The number of hydrogen-bond acceptors (Lipinski definition) is 4. The van der Waals surface area contributed by atoms with Crippen LogP contribution in [0.4, 0.5) is 0 Å². The van der Waals surface area contributed by atoms with Crippen LogP contribution in [0.25, 0.3) is 0 Å². The van der Waals surface area contributed by atoms with E-state index < -0.39 is 5.54 Å². The Morgan fingerprint density at radius 2 is 2.37 bits per heavy atom. The standard InChI is InChI=1S/C13H20N4O2/c1-9-7-10(18)16-12(15-9)13(2)5-4-6-17(13)11(19)8-14-3/h7,14H,4-6,8H2,1-3H3,(H,15,16,18)/t13-/m0/s1. The average molecular weight is 264 g/mol. The van der Waals surface area contributed by atoms with Crippen molar-refractivity contribution in [2.45, 2.75) is 32.2 Å². The number of nitrogens with zero attached hydrogens (tertiary/aromatic N) is 2. The lowest BCUT2D eigenvalue weighted by Crippen LogP contribution is -2.47. The van der Waals surface area contributed by atoms with Crippen LogP contribution in [-0.4, -0.2) is 40.9 Å². The van der Waals surface area contributed by atoms with Crippen LogP contribution in [0.2, 0.25) is 0 Å². The summed E-state index contributed by atoms with van der Waals surface area (Å²) in [7, 11) is 1.75. The summed E-state index contributed by atoms with van der Waals surface area (Å²) < 4.78 is 0. The summed E-state index contributed by atoms with van der Waals surface area (Å²) in [6, 6.07) is 1.46. The van der Waals surface area contributed by atoms with E-state index in [0.717, 1.165) is 12.8 Å². The minimum absolute atomic E-state index is 0.0339. The van der Waals surface area contributed by atoms with Gasteiger partial charge in [-0.25, -0.2) is 4.98 Å². The molecule has 0 radical (unpaired) electrons. The third-order valence-electron chi connectivity index (χ3n) is 3.65. The number of likely N-dealkylation sites (N-methyl/N-ethyl adjacent to an activating group) is 1. The van der Waals surface area contributed by atoms with Gasteiger partial charge in [0.1, 0.15) is 5.82 Å². The molecule has 6 nitrogen and oxygen atoms in total. The molecular weight excluding hydrogens is 244 g/mol. The van der Waals surface area contributed by atoms with Gasteiger partial charge in [-0.1, -0.05) is 0 Å². The first kappa shape index (κ1) is 13.7. The molecule has 0 aliphatic carbocycles. The van der Waals surface area contributed by atoms with Crippen molar-refractivity contribution in [3.8, 4) is 0 Å². The Bertz CT molecular complexity index is 540. The van der Waals surface area contributed by atoms with Crippen molar-refractivity contribution < 1.29 is 4.79 Å². The summed E-state index contributed by atoms with van der Waals surface area (Å²) in [6.07, 6.45) is 1.73. The van der Waals surface area contributed by atoms with E-state index in [2.05, 4.69) is 15.3 Å². The predicted octanol–water partition coefficient (Wildman–Crippen LogP) is 0.135. The van der Waals surface area contributed by atoms with Gasteiger partial charge in [0.05, 0.1) is 12.1 Å². The highest BCUT2D eigenvalue weighted by molar-refractivity contribution is 5.79. The molecule has 2 rings (SSSR count). The van der Waals surface area contributed by atoms with E-state index in [1.54, 1.807) is 18.9 Å². The zero-order valence-corrected chi connectivity index (χ0v) is 11.6. The number of hydrogen-bond donors (Lipinski definition) is 2. The van der Waals surface area contributed by atoms with Gasteiger partial charge < -0.3 is 15.2 Å². The maximum Gasteiger partial charge on any atom is 0.251 e. The number of aromatic nitrogens is 2. The monoisotopic (exact) mass is 264 g/mol. The lowest BCUT2D eigenvalue weighted by molar-refractivity contribution is -0.134. The van der Waals surface area contributed by atoms with Crippen LogP contribution >= 0.6 is 0 Å². The molecule has 0 unspecified atom stereocenters. The molecule has 2 heterocycles. The second-order valence-electron chi connectivity index (χ2n) is 5.19. The van der Waals surface area contributed by atoms with Gasteiger partial charge >= 0.3 is 0 Å². The number of carbonyl (C=O) groups excluding carboxylic acids is 1. The molecule has 1 aromatic heterocycles. The average Bonchev–Trinajstić information content (AvgIpc) is 2.72. The van der Waals surface area contributed by atoms with Gasteiger partial charge in [-0.15, -0.1) is 0 Å². The van der Waals surface area contributed by atoms with E-state index in [4.69, 9.17) is 0 Å². The van der Waals surface area contributed by atoms with Crippen LogP contribution in [0.3, 0.4) is 0 Å². The van der Waals surface area contributed by atoms with E-state index in [-0.39, 0.29) is 11.5 Å². The second kappa shape index (κ2) is 5.13. The topological polar surface area (TPSA) is 78.1 Å². The number of rotatable bonds is 3. The highest BCUT2D eigenvalue weighted by atomic mass is 16.2. The normalized spacial score (nSPS) is 22.8. The van der Waals surface area contributed by atoms with E-state index >= 15 is 0 Å². The number of aromatic amines is 1. The molecule has 1 saturated heterocycles. The molecule has 1 amide bonds. The van der Waals surface area contributed by atoms with Gasteiger partial charge in [0, 0.05) is 18.3 Å². The Balaban J connectivity index is 2.39. The SMILES string of the molecule is CNCC(=O)N1CCC[C@@]1(C)c1nc(C)cc(=O)[nH]1. The van der Waals surface area contributed by atoms with Crippen LogP contribution in [0.15, 0.2) is 10.9 Å². The van der Waals surface area contributed by atoms with Crippen molar-refractivity contribution in [2.75, 3.05) is 20.1 Å². The minimum atomic E-state index is -0.515. The number of amides is 1. The molecule has 0 saturated carbocycles. The van der Waals surface area contributed by atoms with Crippen LogP contribution in [-0.2, 0) is 10.3 Å². The Labute approximate surface area is 112 Å². The lowest BCUT2D eigenvalue weighted by atomic mass is 9.97. The second-order valence-corrected chi connectivity index (χ2v) is 5.19. The molecule has 2 N–H and O–H groups in total. The molecule has 0 spiro atoms. The molecule has 0 aromatic carbocycles. The first-order valence-electron chi connectivity index (χ1n) is 6.51. The van der Waals surface area contributed by atoms with Gasteiger partial charge in [-0.2, -0.15) is 0 Å². The minimum Gasteiger partial charge on any atom is -0.329 e. The maximum atomic E-state index is 12.1. The first-order valence-corrected chi connectivity index (χ1v) is 6.51. The molecule has 1 fully saturated rings. The zero-order chi connectivity index (χ0) is 14.0. The molecule has 6 heteroatoms. The van der Waals surface area contributed by atoms with Crippen LogP contribution in [0, 0.1) is 6.92 Å². The highest BCUT2D eigenvalue weighted by Crippen LogP contribution is 2.36. The fraction of sp³-hybridized carbons (Fsp3) is 0.615. The number of H-pyrrole nitrogens is 1. The van der Waals surface area contributed by atoms with E-state index in [1.165, 1.54) is 6.07 Å². The Hall–Kier alpha value is -1.69. The fourth-order valence-corrected chi connectivity index (χ4v) is 2.69. The van der Waals surface area contributed by atoms with Gasteiger partial charge in [-0.05, 0) is 33.7 Å². The van der Waals surface area contributed by atoms with E-state index in [9.17, 15) is 9.59 Å². The summed E-state index contributed by atoms with van der Waals surface area (Å²) in [6.45, 7) is 4.75.